The largest absolute Gasteiger partial charge is 0.353 e. The molecule has 0 spiro atoms. The van der Waals surface area contributed by atoms with Crippen LogP contribution >= 0.6 is 0 Å². The Morgan fingerprint density at radius 3 is 2.70 bits per heavy atom. The molecule has 1 aromatic carbocycles. The van der Waals surface area contributed by atoms with Crippen molar-refractivity contribution in [1.82, 2.24) is 15.3 Å². The van der Waals surface area contributed by atoms with Crippen LogP contribution in [0.15, 0.2) is 67.4 Å². The molecule has 1 N–H and O–H groups in total. The van der Waals surface area contributed by atoms with E-state index in [2.05, 4.69) is 38.9 Å². The molecular weight excluding hydrogens is 379 g/mol. The van der Waals surface area contributed by atoms with E-state index in [9.17, 15) is 9.18 Å². The third-order valence-electron chi connectivity index (χ3n) is 5.34. The van der Waals surface area contributed by atoms with E-state index in [1.807, 2.05) is 18.2 Å². The lowest BCUT2D eigenvalue weighted by molar-refractivity contribution is 0.103. The van der Waals surface area contributed by atoms with Gasteiger partial charge >= 0.3 is 0 Å². The predicted molar refractivity (Wildman–Crippen MR) is 120 cm³/mol. The van der Waals surface area contributed by atoms with E-state index in [1.54, 1.807) is 37.4 Å². The second-order valence-corrected chi connectivity index (χ2v) is 7.30. The van der Waals surface area contributed by atoms with Crippen LogP contribution < -0.4 is 10.2 Å². The second kappa shape index (κ2) is 8.55. The molecule has 6 heteroatoms. The Kier molecular flexibility index (Phi) is 5.68. The van der Waals surface area contributed by atoms with Gasteiger partial charge in [0.25, 0.3) is 0 Å². The number of nitrogens with one attached hydrogen (secondary N) is 1. The van der Waals surface area contributed by atoms with E-state index in [0.29, 0.717) is 23.6 Å². The van der Waals surface area contributed by atoms with Gasteiger partial charge in [-0.2, -0.15) is 0 Å². The maximum Gasteiger partial charge on any atom is 0.213 e. The molecule has 0 radical (unpaired) electrons. The van der Waals surface area contributed by atoms with E-state index in [4.69, 9.17) is 0 Å². The molecule has 3 heterocycles. The van der Waals surface area contributed by atoms with Gasteiger partial charge in [0.1, 0.15) is 17.3 Å². The SMILES string of the molecule is C=C(F)c1ccc(N2CCN[C@@H](c3ccccc3)C2)nc1C(=O)c1cccnc1C.[HH].[HH]. The fraction of sp³-hybridized carbons (Fsp3) is 0.208. The van der Waals surface area contributed by atoms with Gasteiger partial charge in [-0.1, -0.05) is 36.9 Å². The van der Waals surface area contributed by atoms with Crippen LogP contribution in [-0.4, -0.2) is 35.4 Å². The molecule has 1 atom stereocenters. The average Bonchev–Trinajstić information content (AvgIpc) is 2.79. The fourth-order valence-electron chi connectivity index (χ4n) is 3.74. The highest BCUT2D eigenvalue weighted by Gasteiger charge is 2.25. The molecule has 0 bridgehead atoms. The molecule has 5 nitrogen and oxygen atoms in total. The number of anilines is 1. The minimum absolute atomic E-state index is 0. The lowest BCUT2D eigenvalue weighted by atomic mass is 10.0. The Balaban J connectivity index is 0.00000181. The quantitative estimate of drug-likeness (QED) is 0.628. The average molecular weight is 407 g/mol. The molecule has 1 fully saturated rings. The van der Waals surface area contributed by atoms with Crippen molar-refractivity contribution >= 4 is 17.4 Å². The monoisotopic (exact) mass is 406 g/mol. The number of piperazine rings is 1. The standard InChI is InChI=1S/C24H23FN4O.2H2/c1-16(25)19-10-11-22(28-23(19)24(30)20-9-6-12-26-17(20)2)29-14-13-27-21(15-29)18-7-4-3-5-8-18;;/h3-12,21,27H,1,13-15H2,2H3;2*1H/t21-;;/m1../s1. The van der Waals surface area contributed by atoms with Crippen LogP contribution in [0.2, 0.25) is 0 Å². The second-order valence-electron chi connectivity index (χ2n) is 7.30. The molecule has 1 aliphatic heterocycles. The fourth-order valence-corrected chi connectivity index (χ4v) is 3.74. The Labute approximate surface area is 178 Å². The number of pyridine rings is 2. The van der Waals surface area contributed by atoms with Crippen LogP contribution in [0.25, 0.3) is 5.83 Å². The molecular formula is C24H27FN4O. The van der Waals surface area contributed by atoms with Crippen LogP contribution in [0.1, 0.15) is 41.8 Å². The number of aryl methyl sites for hydroxylation is 1. The molecule has 1 saturated heterocycles. The Hall–Kier alpha value is -3.38. The maximum atomic E-state index is 14.1. The van der Waals surface area contributed by atoms with Crippen LogP contribution in [0.5, 0.6) is 0 Å². The summed E-state index contributed by atoms with van der Waals surface area (Å²) in [5.41, 5.74) is 2.36. The summed E-state index contributed by atoms with van der Waals surface area (Å²) in [4.78, 5) is 24.0. The maximum absolute atomic E-state index is 14.1. The first kappa shape index (κ1) is 19.9. The molecule has 4 rings (SSSR count). The van der Waals surface area contributed by atoms with Crippen LogP contribution in [0, 0.1) is 6.92 Å². The van der Waals surface area contributed by atoms with Crippen molar-refractivity contribution in [1.29, 1.82) is 0 Å². The Morgan fingerprint density at radius 1 is 1.17 bits per heavy atom. The zero-order chi connectivity index (χ0) is 21.1. The normalized spacial score (nSPS) is 16.3. The summed E-state index contributed by atoms with van der Waals surface area (Å²) in [6.07, 6.45) is 1.62. The van der Waals surface area contributed by atoms with Crippen molar-refractivity contribution in [3.8, 4) is 0 Å². The summed E-state index contributed by atoms with van der Waals surface area (Å²) in [5, 5.41) is 3.52. The number of hydrogen-bond donors (Lipinski definition) is 1. The van der Waals surface area contributed by atoms with Crippen molar-refractivity contribution < 1.29 is 12.0 Å². The number of hydrogen-bond acceptors (Lipinski definition) is 5. The topological polar surface area (TPSA) is 58.1 Å². The summed E-state index contributed by atoms with van der Waals surface area (Å²) in [6.45, 7) is 7.36. The summed E-state index contributed by atoms with van der Waals surface area (Å²) < 4.78 is 14.1. The van der Waals surface area contributed by atoms with Crippen molar-refractivity contribution in [2.24, 2.45) is 0 Å². The third kappa shape index (κ3) is 4.00. The molecule has 1 aliphatic rings. The van der Waals surface area contributed by atoms with Gasteiger partial charge in [-0.25, -0.2) is 9.37 Å². The molecule has 0 amide bonds. The van der Waals surface area contributed by atoms with Crippen molar-refractivity contribution in [2.75, 3.05) is 24.5 Å². The Bertz CT molecular complexity index is 1090. The number of rotatable bonds is 5. The van der Waals surface area contributed by atoms with Crippen molar-refractivity contribution in [2.45, 2.75) is 13.0 Å². The highest BCUT2D eigenvalue weighted by atomic mass is 19.1. The number of aromatic nitrogens is 2. The summed E-state index contributed by atoms with van der Waals surface area (Å²) in [7, 11) is 0. The number of benzene rings is 1. The number of carbonyl (C=O) groups is 1. The summed E-state index contributed by atoms with van der Waals surface area (Å²) in [6, 6.07) is 17.1. The highest BCUT2D eigenvalue weighted by Crippen LogP contribution is 2.26. The molecule has 3 aromatic rings. The van der Waals surface area contributed by atoms with Crippen LogP contribution in [-0.2, 0) is 0 Å². The number of nitrogens with zero attached hydrogens (tertiary/aromatic N) is 3. The minimum atomic E-state index is -0.679. The van der Waals surface area contributed by atoms with Gasteiger partial charge in [-0.05, 0) is 36.8 Å². The zero-order valence-electron chi connectivity index (χ0n) is 16.8. The molecule has 0 unspecified atom stereocenters. The summed E-state index contributed by atoms with van der Waals surface area (Å²) in [5.74, 6) is -0.389. The van der Waals surface area contributed by atoms with E-state index in [-0.39, 0.29) is 25.9 Å². The van der Waals surface area contributed by atoms with Gasteiger partial charge in [-0.3, -0.25) is 9.78 Å². The van der Waals surface area contributed by atoms with Gasteiger partial charge in [0.15, 0.2) is 0 Å². The Morgan fingerprint density at radius 2 is 1.97 bits per heavy atom. The first-order valence-electron chi connectivity index (χ1n) is 9.90. The molecule has 30 heavy (non-hydrogen) atoms. The third-order valence-corrected chi connectivity index (χ3v) is 5.34. The van der Waals surface area contributed by atoms with E-state index in [1.165, 1.54) is 5.56 Å². The van der Waals surface area contributed by atoms with Crippen LogP contribution in [0.4, 0.5) is 10.2 Å². The number of ketones is 1. The van der Waals surface area contributed by atoms with Gasteiger partial charge in [0, 0.05) is 51.5 Å². The van der Waals surface area contributed by atoms with E-state index in [0.717, 1.165) is 13.1 Å². The first-order valence-corrected chi connectivity index (χ1v) is 9.90. The van der Waals surface area contributed by atoms with E-state index < -0.39 is 5.83 Å². The molecule has 0 saturated carbocycles. The number of carbonyl (C=O) groups excluding carboxylic acids is 1. The molecule has 2 aromatic heterocycles. The van der Waals surface area contributed by atoms with Gasteiger partial charge < -0.3 is 10.2 Å². The first-order chi connectivity index (χ1) is 14.5. The van der Waals surface area contributed by atoms with Crippen molar-refractivity contribution in [3.05, 3.63) is 95.5 Å². The van der Waals surface area contributed by atoms with Crippen molar-refractivity contribution in [3.63, 3.8) is 0 Å². The van der Waals surface area contributed by atoms with Gasteiger partial charge in [0.2, 0.25) is 5.78 Å². The molecule has 156 valence electrons. The highest BCUT2D eigenvalue weighted by molar-refractivity contribution is 6.10. The smallest absolute Gasteiger partial charge is 0.213 e. The zero-order valence-corrected chi connectivity index (χ0v) is 16.8. The van der Waals surface area contributed by atoms with Gasteiger partial charge in [-0.15, -0.1) is 0 Å². The van der Waals surface area contributed by atoms with Gasteiger partial charge in [0.05, 0.1) is 0 Å². The van der Waals surface area contributed by atoms with E-state index >= 15 is 0 Å². The minimum Gasteiger partial charge on any atom is -0.353 e. The lowest BCUT2D eigenvalue weighted by Crippen LogP contribution is -2.46. The number of halogens is 1. The van der Waals surface area contributed by atoms with Crippen LogP contribution in [0.3, 0.4) is 0 Å². The predicted octanol–water partition coefficient (Wildman–Crippen LogP) is 4.60. The molecule has 0 aliphatic carbocycles. The lowest BCUT2D eigenvalue weighted by Gasteiger charge is -2.35. The summed E-state index contributed by atoms with van der Waals surface area (Å²) >= 11 is 0.